The molecule has 0 radical (unpaired) electrons. The monoisotopic (exact) mass is 344 g/mol. The van der Waals surface area contributed by atoms with Crippen LogP contribution in [0.4, 0.5) is 0 Å². The van der Waals surface area contributed by atoms with Crippen LogP contribution in [-0.4, -0.2) is 0 Å². The Morgan fingerprint density at radius 2 is 1.78 bits per heavy atom. The lowest BCUT2D eigenvalue weighted by Gasteiger charge is -2.11. The Kier molecular flexibility index (Phi) is 4.93. The van der Waals surface area contributed by atoms with Gasteiger partial charge in [-0.25, -0.2) is 0 Å². The summed E-state index contributed by atoms with van der Waals surface area (Å²) in [6.07, 6.45) is 0. The molecule has 0 saturated carbocycles. The highest BCUT2D eigenvalue weighted by atomic mass is 79.9. The fraction of sp³-hybridized carbons (Fsp3) is 0.143. The minimum absolute atomic E-state index is 0.406. The first kappa shape index (κ1) is 13.7. The van der Waals surface area contributed by atoms with Crippen molar-refractivity contribution >= 4 is 39.1 Å². The van der Waals surface area contributed by atoms with Gasteiger partial charge in [0.15, 0.2) is 0 Å². The van der Waals surface area contributed by atoms with Gasteiger partial charge in [-0.15, -0.1) is 0 Å². The minimum Gasteiger partial charge on any atom is -0.489 e. The van der Waals surface area contributed by atoms with Crippen molar-refractivity contribution < 1.29 is 4.74 Å². The van der Waals surface area contributed by atoms with E-state index in [-0.39, 0.29) is 0 Å². The topological polar surface area (TPSA) is 9.23 Å². The maximum absolute atomic E-state index is 6.09. The summed E-state index contributed by atoms with van der Waals surface area (Å²) in [7, 11) is 0. The van der Waals surface area contributed by atoms with Gasteiger partial charge in [-0.2, -0.15) is 0 Å². The molecule has 0 heterocycles. The molecular weight excluding hydrogens is 335 g/mol. The molecule has 0 atom stereocenters. The SMILES string of the molecule is Clc1ccc(Cl)c(COc2ccccc2CBr)c1. The number of ether oxygens (including phenoxy) is 1. The summed E-state index contributed by atoms with van der Waals surface area (Å²) in [5, 5.41) is 2.08. The van der Waals surface area contributed by atoms with E-state index in [1.54, 1.807) is 12.1 Å². The van der Waals surface area contributed by atoms with Crippen LogP contribution in [0, 0.1) is 0 Å². The van der Waals surface area contributed by atoms with Crippen molar-refractivity contribution in [2.75, 3.05) is 0 Å². The lowest BCUT2D eigenvalue weighted by atomic mass is 10.2. The summed E-state index contributed by atoms with van der Waals surface area (Å²) in [4.78, 5) is 0. The van der Waals surface area contributed by atoms with Gasteiger partial charge >= 0.3 is 0 Å². The average molecular weight is 346 g/mol. The average Bonchev–Trinajstić information content (AvgIpc) is 2.40. The van der Waals surface area contributed by atoms with Gasteiger partial charge in [0, 0.05) is 26.5 Å². The zero-order valence-corrected chi connectivity index (χ0v) is 12.6. The normalized spacial score (nSPS) is 10.4. The van der Waals surface area contributed by atoms with Gasteiger partial charge in [0.25, 0.3) is 0 Å². The molecule has 1 nitrogen and oxygen atoms in total. The van der Waals surface area contributed by atoms with Crippen LogP contribution in [0.15, 0.2) is 42.5 Å². The third kappa shape index (κ3) is 3.41. The van der Waals surface area contributed by atoms with Gasteiger partial charge in [-0.05, 0) is 24.3 Å². The van der Waals surface area contributed by atoms with E-state index in [1.165, 1.54) is 0 Å². The van der Waals surface area contributed by atoms with Crippen molar-refractivity contribution in [3.63, 3.8) is 0 Å². The molecule has 0 fully saturated rings. The van der Waals surface area contributed by atoms with Crippen LogP contribution in [0.3, 0.4) is 0 Å². The third-order valence-electron chi connectivity index (χ3n) is 2.51. The Bertz CT molecular complexity index is 543. The van der Waals surface area contributed by atoms with E-state index < -0.39 is 0 Å². The molecule has 0 aliphatic rings. The van der Waals surface area contributed by atoms with Crippen LogP contribution in [0.1, 0.15) is 11.1 Å². The number of rotatable bonds is 4. The smallest absolute Gasteiger partial charge is 0.123 e. The molecule has 94 valence electrons. The highest BCUT2D eigenvalue weighted by Crippen LogP contribution is 2.25. The van der Waals surface area contributed by atoms with E-state index in [9.17, 15) is 0 Å². The highest BCUT2D eigenvalue weighted by molar-refractivity contribution is 9.08. The zero-order chi connectivity index (χ0) is 13.0. The van der Waals surface area contributed by atoms with Gasteiger partial charge in [-0.1, -0.05) is 57.3 Å². The quantitative estimate of drug-likeness (QED) is 0.668. The summed E-state index contributed by atoms with van der Waals surface area (Å²) < 4.78 is 5.78. The van der Waals surface area contributed by atoms with E-state index in [2.05, 4.69) is 15.9 Å². The first-order valence-corrected chi connectivity index (χ1v) is 7.29. The minimum atomic E-state index is 0.406. The fourth-order valence-electron chi connectivity index (χ4n) is 1.56. The summed E-state index contributed by atoms with van der Waals surface area (Å²) in [5.74, 6) is 0.852. The van der Waals surface area contributed by atoms with Gasteiger partial charge in [0.2, 0.25) is 0 Å². The van der Waals surface area contributed by atoms with Crippen LogP contribution in [0.2, 0.25) is 10.0 Å². The van der Waals surface area contributed by atoms with Crippen LogP contribution in [0.5, 0.6) is 5.75 Å². The van der Waals surface area contributed by atoms with Gasteiger partial charge in [0.05, 0.1) is 0 Å². The first-order chi connectivity index (χ1) is 8.70. The molecule has 0 aromatic heterocycles. The summed E-state index contributed by atoms with van der Waals surface area (Å²) in [6, 6.07) is 13.2. The molecule has 0 unspecified atom stereocenters. The molecule has 2 aromatic carbocycles. The Hall–Kier alpha value is -0.700. The molecule has 0 aliphatic carbocycles. The number of benzene rings is 2. The summed E-state index contributed by atoms with van der Waals surface area (Å²) in [5.41, 5.74) is 1.99. The molecule has 4 heteroatoms. The largest absolute Gasteiger partial charge is 0.489 e. The molecule has 2 aromatic rings. The molecule has 2 rings (SSSR count). The molecule has 0 bridgehead atoms. The van der Waals surface area contributed by atoms with E-state index >= 15 is 0 Å². The van der Waals surface area contributed by atoms with Crippen LogP contribution in [-0.2, 0) is 11.9 Å². The lowest BCUT2D eigenvalue weighted by Crippen LogP contribution is -1.98. The number of hydrogen-bond donors (Lipinski definition) is 0. The highest BCUT2D eigenvalue weighted by Gasteiger charge is 2.05. The second-order valence-corrected chi connectivity index (χ2v) is 5.17. The third-order valence-corrected chi connectivity index (χ3v) is 3.72. The Morgan fingerprint density at radius 1 is 1.00 bits per heavy atom. The van der Waals surface area contributed by atoms with E-state index in [0.29, 0.717) is 16.7 Å². The predicted molar refractivity (Wildman–Crippen MR) is 79.9 cm³/mol. The van der Waals surface area contributed by atoms with Crippen LogP contribution >= 0.6 is 39.1 Å². The lowest BCUT2D eigenvalue weighted by molar-refractivity contribution is 0.304. The van der Waals surface area contributed by atoms with Gasteiger partial charge in [0.1, 0.15) is 12.4 Å². The summed E-state index contributed by atoms with van der Waals surface area (Å²) >= 11 is 15.5. The summed E-state index contributed by atoms with van der Waals surface area (Å²) in [6.45, 7) is 0.406. The van der Waals surface area contributed by atoms with Crippen LogP contribution < -0.4 is 4.74 Å². The van der Waals surface area contributed by atoms with Crippen molar-refractivity contribution in [2.45, 2.75) is 11.9 Å². The number of hydrogen-bond acceptors (Lipinski definition) is 1. The maximum Gasteiger partial charge on any atom is 0.123 e. The van der Waals surface area contributed by atoms with Crippen molar-refractivity contribution in [2.24, 2.45) is 0 Å². The predicted octanol–water partition coefficient (Wildman–Crippen LogP) is 5.47. The number of para-hydroxylation sites is 1. The molecule has 18 heavy (non-hydrogen) atoms. The standard InChI is InChI=1S/C14H11BrCl2O/c15-8-10-3-1-2-4-14(10)18-9-11-7-12(16)5-6-13(11)17/h1-7H,8-9H2. The molecule has 0 N–H and O–H groups in total. The fourth-order valence-corrected chi connectivity index (χ4v) is 2.39. The van der Waals surface area contributed by atoms with Crippen LogP contribution in [0.25, 0.3) is 0 Å². The van der Waals surface area contributed by atoms with Crippen molar-refractivity contribution in [1.82, 2.24) is 0 Å². The van der Waals surface area contributed by atoms with E-state index in [1.807, 2.05) is 30.3 Å². The Balaban J connectivity index is 2.14. The molecule has 0 spiro atoms. The second-order valence-electron chi connectivity index (χ2n) is 3.77. The number of alkyl halides is 1. The van der Waals surface area contributed by atoms with Gasteiger partial charge < -0.3 is 4.74 Å². The number of halogens is 3. The van der Waals surface area contributed by atoms with E-state index in [0.717, 1.165) is 22.2 Å². The van der Waals surface area contributed by atoms with Gasteiger partial charge in [-0.3, -0.25) is 0 Å². The Morgan fingerprint density at radius 3 is 2.56 bits per heavy atom. The molecule has 0 aliphatic heterocycles. The first-order valence-electron chi connectivity index (χ1n) is 5.41. The molecule has 0 amide bonds. The Labute approximate surface area is 125 Å². The van der Waals surface area contributed by atoms with Crippen molar-refractivity contribution in [3.8, 4) is 5.75 Å². The molecule has 0 saturated heterocycles. The second kappa shape index (κ2) is 6.46. The van der Waals surface area contributed by atoms with Crippen molar-refractivity contribution in [1.29, 1.82) is 0 Å². The molecular formula is C14H11BrCl2O. The van der Waals surface area contributed by atoms with Crippen molar-refractivity contribution in [3.05, 3.63) is 63.6 Å². The van der Waals surface area contributed by atoms with E-state index in [4.69, 9.17) is 27.9 Å². The maximum atomic E-state index is 6.09. The zero-order valence-electron chi connectivity index (χ0n) is 9.50.